The van der Waals surface area contributed by atoms with Crippen molar-refractivity contribution in [1.29, 1.82) is 0 Å². The molecule has 5 heteroatoms. The standard InChI is InChI=1S/C16H22ClN3O/c1-4-12-16(17)14(20(5-2)19-12)11-18-13-9-7-8-10-15(13)21-6-3/h7-10,18H,4-6,11H2,1-3H3. The first-order chi connectivity index (χ1) is 10.2. The number of para-hydroxylation sites is 2. The van der Waals surface area contributed by atoms with Crippen LogP contribution in [0, 0.1) is 0 Å². The Hall–Kier alpha value is -1.68. The minimum atomic E-state index is 0.629. The van der Waals surface area contributed by atoms with Crippen LogP contribution in [0.2, 0.25) is 5.02 Å². The van der Waals surface area contributed by atoms with Crippen molar-refractivity contribution < 1.29 is 4.74 Å². The molecular formula is C16H22ClN3O. The molecule has 0 aliphatic rings. The minimum absolute atomic E-state index is 0.629. The number of rotatable bonds is 7. The van der Waals surface area contributed by atoms with Gasteiger partial charge in [-0.1, -0.05) is 30.7 Å². The molecule has 21 heavy (non-hydrogen) atoms. The fraction of sp³-hybridized carbons (Fsp3) is 0.438. The minimum Gasteiger partial charge on any atom is -0.492 e. The largest absolute Gasteiger partial charge is 0.492 e. The molecule has 0 unspecified atom stereocenters. The van der Waals surface area contributed by atoms with E-state index >= 15 is 0 Å². The lowest BCUT2D eigenvalue weighted by Gasteiger charge is -2.13. The van der Waals surface area contributed by atoms with Crippen LogP contribution in [0.25, 0.3) is 0 Å². The van der Waals surface area contributed by atoms with Gasteiger partial charge in [-0.2, -0.15) is 5.10 Å². The van der Waals surface area contributed by atoms with E-state index < -0.39 is 0 Å². The van der Waals surface area contributed by atoms with Crippen LogP contribution in [0.5, 0.6) is 5.75 Å². The van der Waals surface area contributed by atoms with Crippen LogP contribution in [0.1, 0.15) is 32.2 Å². The van der Waals surface area contributed by atoms with Gasteiger partial charge in [-0.05, 0) is 32.4 Å². The second kappa shape index (κ2) is 7.36. The van der Waals surface area contributed by atoms with Crippen LogP contribution >= 0.6 is 11.6 Å². The van der Waals surface area contributed by atoms with Crippen molar-refractivity contribution >= 4 is 17.3 Å². The Labute approximate surface area is 131 Å². The van der Waals surface area contributed by atoms with E-state index in [1.54, 1.807) is 0 Å². The summed E-state index contributed by atoms with van der Waals surface area (Å²) in [5.41, 5.74) is 2.94. The lowest BCUT2D eigenvalue weighted by Crippen LogP contribution is -2.09. The van der Waals surface area contributed by atoms with Gasteiger partial charge in [0.1, 0.15) is 5.75 Å². The number of benzene rings is 1. The van der Waals surface area contributed by atoms with Crippen LogP contribution in [-0.4, -0.2) is 16.4 Å². The number of halogens is 1. The lowest BCUT2D eigenvalue weighted by atomic mass is 10.2. The van der Waals surface area contributed by atoms with Gasteiger partial charge >= 0.3 is 0 Å². The van der Waals surface area contributed by atoms with Crippen LogP contribution in [-0.2, 0) is 19.5 Å². The zero-order valence-corrected chi connectivity index (χ0v) is 13.6. The summed E-state index contributed by atoms with van der Waals surface area (Å²) in [6.45, 7) is 8.20. The summed E-state index contributed by atoms with van der Waals surface area (Å²) in [5.74, 6) is 0.856. The summed E-state index contributed by atoms with van der Waals surface area (Å²) in [6, 6.07) is 7.92. The molecule has 0 saturated heterocycles. The number of hydrogen-bond acceptors (Lipinski definition) is 3. The summed E-state index contributed by atoms with van der Waals surface area (Å²) in [6.07, 6.45) is 0.842. The Bertz CT molecular complexity index is 595. The SMILES string of the molecule is CCOc1ccccc1NCc1c(Cl)c(CC)nn1CC. The second-order valence-electron chi connectivity index (χ2n) is 4.66. The third-order valence-electron chi connectivity index (χ3n) is 3.33. The number of nitrogens with zero attached hydrogens (tertiary/aromatic N) is 2. The zero-order valence-electron chi connectivity index (χ0n) is 12.8. The molecule has 0 saturated carbocycles. The molecule has 0 aliphatic carbocycles. The predicted molar refractivity (Wildman–Crippen MR) is 87.2 cm³/mol. The normalized spacial score (nSPS) is 10.7. The van der Waals surface area contributed by atoms with Gasteiger partial charge in [0.15, 0.2) is 0 Å². The van der Waals surface area contributed by atoms with Gasteiger partial charge in [0.25, 0.3) is 0 Å². The summed E-state index contributed by atoms with van der Waals surface area (Å²) in [4.78, 5) is 0. The van der Waals surface area contributed by atoms with Gasteiger partial charge in [0, 0.05) is 6.54 Å². The van der Waals surface area contributed by atoms with E-state index in [9.17, 15) is 0 Å². The average molecular weight is 308 g/mol. The summed E-state index contributed by atoms with van der Waals surface area (Å²) in [5, 5.41) is 8.69. The van der Waals surface area contributed by atoms with Crippen LogP contribution in [0.3, 0.4) is 0 Å². The summed E-state index contributed by atoms with van der Waals surface area (Å²) >= 11 is 6.42. The Morgan fingerprint density at radius 1 is 1.24 bits per heavy atom. The van der Waals surface area contributed by atoms with E-state index in [1.807, 2.05) is 35.9 Å². The Kier molecular flexibility index (Phi) is 5.51. The quantitative estimate of drug-likeness (QED) is 0.836. The highest BCUT2D eigenvalue weighted by atomic mass is 35.5. The Morgan fingerprint density at radius 2 is 2.00 bits per heavy atom. The molecule has 114 valence electrons. The Balaban J connectivity index is 2.18. The van der Waals surface area contributed by atoms with E-state index in [1.165, 1.54) is 0 Å². The molecule has 1 heterocycles. The average Bonchev–Trinajstić information content (AvgIpc) is 2.82. The maximum Gasteiger partial charge on any atom is 0.142 e. The van der Waals surface area contributed by atoms with Gasteiger partial charge in [0.05, 0.1) is 35.2 Å². The first kappa shape index (κ1) is 15.7. The van der Waals surface area contributed by atoms with Crippen molar-refractivity contribution in [3.8, 4) is 5.75 Å². The molecule has 0 fully saturated rings. The molecular weight excluding hydrogens is 286 g/mol. The first-order valence-electron chi connectivity index (χ1n) is 7.40. The molecule has 0 spiro atoms. The number of aryl methyl sites for hydroxylation is 2. The van der Waals surface area contributed by atoms with Crippen LogP contribution in [0.15, 0.2) is 24.3 Å². The van der Waals surface area contributed by atoms with Gasteiger partial charge < -0.3 is 10.1 Å². The molecule has 4 nitrogen and oxygen atoms in total. The number of nitrogens with one attached hydrogen (secondary N) is 1. The van der Waals surface area contributed by atoms with Gasteiger partial charge in [-0.25, -0.2) is 0 Å². The maximum absolute atomic E-state index is 6.42. The molecule has 0 aliphatic heterocycles. The van der Waals surface area contributed by atoms with Gasteiger partial charge in [-0.3, -0.25) is 4.68 Å². The van der Waals surface area contributed by atoms with E-state index in [0.717, 1.165) is 40.8 Å². The fourth-order valence-corrected chi connectivity index (χ4v) is 2.59. The molecule has 1 aromatic heterocycles. The molecule has 0 radical (unpaired) electrons. The maximum atomic E-state index is 6.42. The number of ether oxygens (including phenoxy) is 1. The number of anilines is 1. The van der Waals surface area contributed by atoms with Crippen LogP contribution < -0.4 is 10.1 Å². The van der Waals surface area contributed by atoms with Crippen LogP contribution in [0.4, 0.5) is 5.69 Å². The van der Waals surface area contributed by atoms with Crippen molar-refractivity contribution in [2.24, 2.45) is 0 Å². The van der Waals surface area contributed by atoms with Crippen molar-refractivity contribution in [2.75, 3.05) is 11.9 Å². The highest BCUT2D eigenvalue weighted by molar-refractivity contribution is 6.31. The lowest BCUT2D eigenvalue weighted by molar-refractivity contribution is 0.341. The highest BCUT2D eigenvalue weighted by Gasteiger charge is 2.14. The fourth-order valence-electron chi connectivity index (χ4n) is 2.26. The van der Waals surface area contributed by atoms with Crippen molar-refractivity contribution in [3.05, 3.63) is 40.7 Å². The molecule has 1 N–H and O–H groups in total. The van der Waals surface area contributed by atoms with E-state index in [-0.39, 0.29) is 0 Å². The smallest absolute Gasteiger partial charge is 0.142 e. The molecule has 1 aromatic carbocycles. The third-order valence-corrected chi connectivity index (χ3v) is 3.76. The monoisotopic (exact) mass is 307 g/mol. The molecule has 0 bridgehead atoms. The van der Waals surface area contributed by atoms with Gasteiger partial charge in [0.2, 0.25) is 0 Å². The van der Waals surface area contributed by atoms with Crippen molar-refractivity contribution in [1.82, 2.24) is 9.78 Å². The van der Waals surface area contributed by atoms with E-state index in [0.29, 0.717) is 13.2 Å². The number of aromatic nitrogens is 2. The molecule has 0 amide bonds. The summed E-state index contributed by atoms with van der Waals surface area (Å²) in [7, 11) is 0. The predicted octanol–water partition coefficient (Wildman–Crippen LogP) is 4.13. The van der Waals surface area contributed by atoms with Crippen molar-refractivity contribution in [2.45, 2.75) is 40.3 Å². The second-order valence-corrected chi connectivity index (χ2v) is 5.04. The highest BCUT2D eigenvalue weighted by Crippen LogP contribution is 2.27. The number of hydrogen-bond donors (Lipinski definition) is 1. The van der Waals surface area contributed by atoms with E-state index in [4.69, 9.17) is 16.3 Å². The topological polar surface area (TPSA) is 39.1 Å². The third kappa shape index (κ3) is 3.50. The zero-order chi connectivity index (χ0) is 15.2. The van der Waals surface area contributed by atoms with Gasteiger partial charge in [-0.15, -0.1) is 0 Å². The van der Waals surface area contributed by atoms with Crippen molar-refractivity contribution in [3.63, 3.8) is 0 Å². The first-order valence-corrected chi connectivity index (χ1v) is 7.78. The molecule has 0 atom stereocenters. The summed E-state index contributed by atoms with van der Waals surface area (Å²) < 4.78 is 7.58. The molecule has 2 aromatic rings. The Morgan fingerprint density at radius 3 is 2.67 bits per heavy atom. The molecule has 2 rings (SSSR count). The van der Waals surface area contributed by atoms with E-state index in [2.05, 4.69) is 24.3 Å².